The van der Waals surface area contributed by atoms with Gasteiger partial charge in [-0.3, -0.25) is 4.57 Å². The summed E-state index contributed by atoms with van der Waals surface area (Å²) in [5, 5.41) is 12.1. The Balaban J connectivity index is 1.81. The van der Waals surface area contributed by atoms with Crippen LogP contribution in [0.1, 0.15) is 43.5 Å². The highest BCUT2D eigenvalue weighted by Crippen LogP contribution is 2.22. The van der Waals surface area contributed by atoms with Crippen LogP contribution in [0, 0.1) is 0 Å². The molecule has 1 aromatic rings. The number of hydrogen-bond donors (Lipinski definition) is 2. The van der Waals surface area contributed by atoms with E-state index in [2.05, 4.69) is 20.1 Å². The van der Waals surface area contributed by atoms with Gasteiger partial charge in [-0.05, 0) is 32.2 Å². The van der Waals surface area contributed by atoms with Gasteiger partial charge in [0.25, 0.3) is 0 Å². The smallest absolute Gasteiger partial charge is 0.135 e. The second-order valence-corrected chi connectivity index (χ2v) is 4.86. The predicted octanol–water partition coefficient (Wildman–Crippen LogP) is 0.366. The Hall–Kier alpha value is -0.940. The summed E-state index contributed by atoms with van der Waals surface area (Å²) in [6.45, 7) is 1.14. The fraction of sp³-hybridized carbons (Fsp3) is 0.818. The van der Waals surface area contributed by atoms with Gasteiger partial charge >= 0.3 is 0 Å². The van der Waals surface area contributed by atoms with Crippen LogP contribution in [0.2, 0.25) is 0 Å². The molecule has 0 spiro atoms. The molecule has 2 aliphatic rings. The molecular weight excluding hydrogens is 202 g/mol. The van der Waals surface area contributed by atoms with Crippen LogP contribution < -0.4 is 11.1 Å². The summed E-state index contributed by atoms with van der Waals surface area (Å²) in [5.74, 6) is 2.15. The van der Waals surface area contributed by atoms with E-state index in [1.807, 2.05) is 0 Å². The Kier molecular flexibility index (Phi) is 2.65. The van der Waals surface area contributed by atoms with E-state index >= 15 is 0 Å². The Morgan fingerprint density at radius 1 is 1.31 bits per heavy atom. The lowest BCUT2D eigenvalue weighted by molar-refractivity contribution is 0.391. The van der Waals surface area contributed by atoms with E-state index in [-0.39, 0.29) is 6.17 Å². The van der Waals surface area contributed by atoms with Gasteiger partial charge in [-0.1, -0.05) is 0 Å². The van der Waals surface area contributed by atoms with Gasteiger partial charge in [0, 0.05) is 18.9 Å². The third-order valence-electron chi connectivity index (χ3n) is 3.66. The fourth-order valence-electron chi connectivity index (χ4n) is 2.80. The highest BCUT2D eigenvalue weighted by molar-refractivity contribution is 5.03. The van der Waals surface area contributed by atoms with Crippen LogP contribution in [-0.2, 0) is 12.8 Å². The summed E-state index contributed by atoms with van der Waals surface area (Å²) in [6, 6.07) is 0.572. The number of rotatable bonds is 2. The van der Waals surface area contributed by atoms with E-state index < -0.39 is 0 Å². The molecule has 1 aromatic heterocycles. The molecule has 1 fully saturated rings. The molecule has 2 unspecified atom stereocenters. The molecule has 2 aliphatic heterocycles. The number of fused-ring (bicyclic) bond motifs is 1. The number of nitrogens with two attached hydrogens (primary N) is 1. The standard InChI is InChI=1S/C11H19N5/c12-9-4-1-5-10-14-15-11(16(9)10)7-8-3-2-6-13-8/h8-9,13H,1-7,12H2. The van der Waals surface area contributed by atoms with Crippen LogP contribution in [-0.4, -0.2) is 27.4 Å². The maximum Gasteiger partial charge on any atom is 0.135 e. The maximum atomic E-state index is 6.13. The zero-order valence-corrected chi connectivity index (χ0v) is 9.52. The minimum absolute atomic E-state index is 0.0927. The van der Waals surface area contributed by atoms with Gasteiger partial charge in [0.1, 0.15) is 11.6 Å². The van der Waals surface area contributed by atoms with Crippen molar-refractivity contribution < 1.29 is 0 Å². The van der Waals surface area contributed by atoms with Crippen molar-refractivity contribution in [3.05, 3.63) is 11.6 Å². The van der Waals surface area contributed by atoms with E-state index in [0.717, 1.165) is 43.9 Å². The minimum atomic E-state index is 0.0927. The molecule has 0 bridgehead atoms. The zero-order valence-electron chi connectivity index (χ0n) is 9.52. The lowest BCUT2D eigenvalue weighted by Crippen LogP contribution is -2.30. The summed E-state index contributed by atoms with van der Waals surface area (Å²) < 4.78 is 2.16. The first-order chi connectivity index (χ1) is 7.84. The van der Waals surface area contributed by atoms with Gasteiger partial charge in [-0.15, -0.1) is 10.2 Å². The molecule has 5 heteroatoms. The summed E-state index contributed by atoms with van der Waals surface area (Å²) in [6.07, 6.45) is 6.81. The normalized spacial score (nSPS) is 29.3. The first-order valence-corrected chi connectivity index (χ1v) is 6.26. The van der Waals surface area contributed by atoms with E-state index in [0.29, 0.717) is 6.04 Å². The monoisotopic (exact) mass is 221 g/mol. The highest BCUT2D eigenvalue weighted by atomic mass is 15.3. The lowest BCUT2D eigenvalue weighted by atomic mass is 10.1. The van der Waals surface area contributed by atoms with Crippen molar-refractivity contribution in [2.75, 3.05) is 6.54 Å². The first-order valence-electron chi connectivity index (χ1n) is 6.26. The van der Waals surface area contributed by atoms with E-state index in [1.165, 1.54) is 12.8 Å². The Morgan fingerprint density at radius 2 is 2.25 bits per heavy atom. The SMILES string of the molecule is NC1CCCc2nnc(CC3CCCN3)n21. The Bertz CT molecular complexity index is 366. The van der Waals surface area contributed by atoms with Crippen molar-refractivity contribution >= 4 is 0 Å². The number of hydrogen-bond acceptors (Lipinski definition) is 4. The summed E-state index contributed by atoms with van der Waals surface area (Å²) >= 11 is 0. The second-order valence-electron chi connectivity index (χ2n) is 4.86. The highest BCUT2D eigenvalue weighted by Gasteiger charge is 2.24. The van der Waals surface area contributed by atoms with Crippen molar-refractivity contribution in [1.82, 2.24) is 20.1 Å². The molecule has 1 saturated heterocycles. The third kappa shape index (κ3) is 1.74. The quantitative estimate of drug-likeness (QED) is 0.757. The molecule has 0 saturated carbocycles. The fourth-order valence-corrected chi connectivity index (χ4v) is 2.80. The van der Waals surface area contributed by atoms with Crippen molar-refractivity contribution in [2.45, 2.75) is 50.7 Å². The predicted molar refractivity (Wildman–Crippen MR) is 60.9 cm³/mol. The second kappa shape index (κ2) is 4.14. The third-order valence-corrected chi connectivity index (χ3v) is 3.66. The molecule has 16 heavy (non-hydrogen) atoms. The molecule has 0 aromatic carbocycles. The van der Waals surface area contributed by atoms with E-state index in [4.69, 9.17) is 5.73 Å². The Labute approximate surface area is 95.4 Å². The number of aryl methyl sites for hydroxylation is 1. The number of nitrogens with one attached hydrogen (secondary N) is 1. The van der Waals surface area contributed by atoms with Crippen LogP contribution in [0.3, 0.4) is 0 Å². The minimum Gasteiger partial charge on any atom is -0.314 e. The largest absolute Gasteiger partial charge is 0.314 e. The molecule has 0 aliphatic carbocycles. The van der Waals surface area contributed by atoms with Gasteiger partial charge in [-0.25, -0.2) is 0 Å². The van der Waals surface area contributed by atoms with Gasteiger partial charge in [0.15, 0.2) is 0 Å². The maximum absolute atomic E-state index is 6.13. The topological polar surface area (TPSA) is 68.8 Å². The van der Waals surface area contributed by atoms with E-state index in [9.17, 15) is 0 Å². The molecule has 3 rings (SSSR count). The molecule has 88 valence electrons. The Morgan fingerprint density at radius 3 is 3.06 bits per heavy atom. The summed E-state index contributed by atoms with van der Waals surface area (Å²) in [4.78, 5) is 0. The van der Waals surface area contributed by atoms with Crippen molar-refractivity contribution in [3.8, 4) is 0 Å². The van der Waals surface area contributed by atoms with Crippen LogP contribution in [0.5, 0.6) is 0 Å². The van der Waals surface area contributed by atoms with Gasteiger partial charge < -0.3 is 11.1 Å². The number of aromatic nitrogens is 3. The molecule has 5 nitrogen and oxygen atoms in total. The first kappa shape index (κ1) is 10.2. The van der Waals surface area contributed by atoms with Crippen LogP contribution in [0.4, 0.5) is 0 Å². The number of nitrogens with zero attached hydrogens (tertiary/aromatic N) is 3. The molecular formula is C11H19N5. The van der Waals surface area contributed by atoms with Crippen LogP contribution in [0.15, 0.2) is 0 Å². The van der Waals surface area contributed by atoms with Crippen molar-refractivity contribution in [3.63, 3.8) is 0 Å². The summed E-state index contributed by atoms with van der Waals surface area (Å²) in [5.41, 5.74) is 6.13. The zero-order chi connectivity index (χ0) is 11.0. The molecule has 3 N–H and O–H groups in total. The van der Waals surface area contributed by atoms with Gasteiger partial charge in [0.05, 0.1) is 6.17 Å². The molecule has 0 amide bonds. The molecule has 2 atom stereocenters. The van der Waals surface area contributed by atoms with E-state index in [1.54, 1.807) is 0 Å². The average molecular weight is 221 g/mol. The van der Waals surface area contributed by atoms with Gasteiger partial charge in [0.2, 0.25) is 0 Å². The summed E-state index contributed by atoms with van der Waals surface area (Å²) in [7, 11) is 0. The lowest BCUT2D eigenvalue weighted by Gasteiger charge is -2.23. The van der Waals surface area contributed by atoms with Crippen molar-refractivity contribution in [1.29, 1.82) is 0 Å². The molecule has 3 heterocycles. The molecule has 0 radical (unpaired) electrons. The van der Waals surface area contributed by atoms with Crippen LogP contribution >= 0.6 is 0 Å². The van der Waals surface area contributed by atoms with Crippen molar-refractivity contribution in [2.24, 2.45) is 5.73 Å². The average Bonchev–Trinajstić information content (AvgIpc) is 2.90. The van der Waals surface area contributed by atoms with Gasteiger partial charge in [-0.2, -0.15) is 0 Å². The van der Waals surface area contributed by atoms with Crippen LogP contribution in [0.25, 0.3) is 0 Å².